The third-order valence-corrected chi connectivity index (χ3v) is 7.60. The number of urea groups is 1. The summed E-state index contributed by atoms with van der Waals surface area (Å²) in [5, 5.41) is 4.16. The second-order valence-electron chi connectivity index (χ2n) is 6.39. The fourth-order valence-electron chi connectivity index (χ4n) is 2.89. The number of rotatable bonds is 4. The van der Waals surface area contributed by atoms with Gasteiger partial charge in [0.2, 0.25) is 0 Å². The van der Waals surface area contributed by atoms with Crippen molar-refractivity contribution in [2.75, 3.05) is 5.32 Å². The number of nitrogens with one attached hydrogen (secondary N) is 2. The lowest BCUT2D eigenvalue weighted by Crippen LogP contribution is -2.33. The van der Waals surface area contributed by atoms with E-state index in [0.717, 1.165) is 16.7 Å². The van der Waals surface area contributed by atoms with Crippen LogP contribution in [0.1, 0.15) is 0 Å². The predicted molar refractivity (Wildman–Crippen MR) is 123 cm³/mol. The summed E-state index contributed by atoms with van der Waals surface area (Å²) in [6.07, 6.45) is 1.65. The minimum absolute atomic E-state index is 0.0706. The Morgan fingerprint density at radius 2 is 1.71 bits per heavy atom. The Kier molecular flexibility index (Phi) is 5.76. The standard InChI is InChI=1S/C20H13Cl2N3O4S2/c21-13-2-1-12-9-10-25(19(26)16(12)11-13)15-5-3-14(4-6-15)23-20(27)24-31(28,29)18-8-7-17(22)30-18/h1-11H,(H2,23,24,27). The summed E-state index contributed by atoms with van der Waals surface area (Å²) in [6.45, 7) is 0. The Balaban J connectivity index is 1.52. The quantitative estimate of drug-likeness (QED) is 0.423. The number of benzene rings is 2. The Morgan fingerprint density at radius 3 is 2.39 bits per heavy atom. The minimum atomic E-state index is -4.02. The lowest BCUT2D eigenvalue weighted by atomic mass is 10.1. The number of aromatic nitrogens is 1. The molecule has 2 heterocycles. The first-order valence-corrected chi connectivity index (χ1v) is 11.8. The van der Waals surface area contributed by atoms with Crippen molar-refractivity contribution in [1.29, 1.82) is 0 Å². The molecule has 0 saturated carbocycles. The highest BCUT2D eigenvalue weighted by Gasteiger charge is 2.19. The van der Waals surface area contributed by atoms with Crippen LogP contribution >= 0.6 is 34.5 Å². The number of thiophene rings is 1. The first-order chi connectivity index (χ1) is 14.7. The van der Waals surface area contributed by atoms with E-state index in [4.69, 9.17) is 23.2 Å². The van der Waals surface area contributed by atoms with Gasteiger partial charge in [-0.25, -0.2) is 17.9 Å². The monoisotopic (exact) mass is 493 g/mol. The number of halogens is 2. The number of sulfonamides is 1. The molecule has 0 aliphatic heterocycles. The average Bonchev–Trinajstić information content (AvgIpc) is 3.16. The lowest BCUT2D eigenvalue weighted by Gasteiger charge is -2.10. The van der Waals surface area contributed by atoms with E-state index in [0.29, 0.717) is 26.1 Å². The Labute approximate surface area is 190 Å². The van der Waals surface area contributed by atoms with Crippen molar-refractivity contribution in [2.45, 2.75) is 4.21 Å². The van der Waals surface area contributed by atoms with Gasteiger partial charge in [-0.15, -0.1) is 11.3 Å². The zero-order chi connectivity index (χ0) is 22.2. The maximum Gasteiger partial charge on any atom is 0.333 e. The van der Waals surface area contributed by atoms with Crippen LogP contribution in [-0.4, -0.2) is 19.0 Å². The topological polar surface area (TPSA) is 97.3 Å². The van der Waals surface area contributed by atoms with Gasteiger partial charge in [0.15, 0.2) is 0 Å². The molecule has 2 N–H and O–H groups in total. The van der Waals surface area contributed by atoms with Crippen LogP contribution in [0, 0.1) is 0 Å². The molecule has 0 saturated heterocycles. The minimum Gasteiger partial charge on any atom is -0.307 e. The number of nitrogens with zero attached hydrogens (tertiary/aromatic N) is 1. The van der Waals surface area contributed by atoms with Crippen molar-refractivity contribution in [3.63, 3.8) is 0 Å². The van der Waals surface area contributed by atoms with Crippen molar-refractivity contribution in [2.24, 2.45) is 0 Å². The number of carbonyl (C=O) groups is 1. The van der Waals surface area contributed by atoms with Crippen LogP contribution in [0.15, 0.2) is 75.9 Å². The largest absolute Gasteiger partial charge is 0.333 e. The molecule has 0 bridgehead atoms. The van der Waals surface area contributed by atoms with Gasteiger partial charge in [-0.3, -0.25) is 9.36 Å². The van der Waals surface area contributed by atoms with E-state index in [1.807, 2.05) is 4.72 Å². The fourth-order valence-corrected chi connectivity index (χ4v) is 5.45. The molecule has 7 nitrogen and oxygen atoms in total. The number of hydrogen-bond donors (Lipinski definition) is 2. The third-order valence-electron chi connectivity index (χ3n) is 4.31. The highest BCUT2D eigenvalue weighted by molar-refractivity contribution is 7.92. The van der Waals surface area contributed by atoms with Crippen LogP contribution in [0.2, 0.25) is 9.36 Å². The maximum atomic E-state index is 12.8. The van der Waals surface area contributed by atoms with Gasteiger partial charge in [-0.1, -0.05) is 29.3 Å². The molecular formula is C20H13Cl2N3O4S2. The third kappa shape index (κ3) is 4.59. The summed E-state index contributed by atoms with van der Waals surface area (Å²) >= 11 is 12.6. The van der Waals surface area contributed by atoms with Crippen LogP contribution in [0.25, 0.3) is 16.5 Å². The lowest BCUT2D eigenvalue weighted by molar-refractivity contribution is 0.256. The number of carbonyl (C=O) groups excluding carboxylic acids is 1. The molecule has 2 amide bonds. The van der Waals surface area contributed by atoms with E-state index in [9.17, 15) is 18.0 Å². The summed E-state index contributed by atoms with van der Waals surface area (Å²) < 4.78 is 28.0. The Hall–Kier alpha value is -2.85. The van der Waals surface area contributed by atoms with Gasteiger partial charge in [0.1, 0.15) is 4.21 Å². The molecule has 2 aromatic carbocycles. The van der Waals surface area contributed by atoms with E-state index >= 15 is 0 Å². The molecule has 11 heteroatoms. The maximum absolute atomic E-state index is 12.8. The molecule has 4 rings (SSSR count). The van der Waals surface area contributed by atoms with Gasteiger partial charge < -0.3 is 5.32 Å². The Bertz CT molecular complexity index is 1460. The van der Waals surface area contributed by atoms with Gasteiger partial charge in [-0.2, -0.15) is 0 Å². The summed E-state index contributed by atoms with van der Waals surface area (Å²) in [7, 11) is -4.02. The molecule has 0 fully saturated rings. The molecule has 0 unspecified atom stereocenters. The van der Waals surface area contributed by atoms with E-state index in [-0.39, 0.29) is 9.77 Å². The number of pyridine rings is 1. The van der Waals surface area contributed by atoms with Crippen LogP contribution < -0.4 is 15.6 Å². The van der Waals surface area contributed by atoms with E-state index in [1.165, 1.54) is 16.7 Å². The molecule has 0 aliphatic carbocycles. The van der Waals surface area contributed by atoms with E-state index in [2.05, 4.69) is 5.32 Å². The molecule has 0 spiro atoms. The van der Waals surface area contributed by atoms with Crippen LogP contribution in [0.3, 0.4) is 0 Å². The molecule has 0 aliphatic rings. The smallest absolute Gasteiger partial charge is 0.307 e. The van der Waals surface area contributed by atoms with Crippen LogP contribution in [0.4, 0.5) is 10.5 Å². The second kappa shape index (κ2) is 8.35. The molecule has 31 heavy (non-hydrogen) atoms. The molecule has 158 valence electrons. The zero-order valence-electron chi connectivity index (χ0n) is 15.5. The highest BCUT2D eigenvalue weighted by atomic mass is 35.5. The zero-order valence-corrected chi connectivity index (χ0v) is 18.6. The fraction of sp³-hybridized carbons (Fsp3) is 0. The molecule has 0 radical (unpaired) electrons. The Morgan fingerprint density at radius 1 is 0.968 bits per heavy atom. The van der Waals surface area contributed by atoms with Crippen molar-refractivity contribution in [3.8, 4) is 5.69 Å². The van der Waals surface area contributed by atoms with Gasteiger partial charge in [-0.05, 0) is 60.0 Å². The van der Waals surface area contributed by atoms with E-state index in [1.54, 1.807) is 54.7 Å². The summed E-state index contributed by atoms with van der Waals surface area (Å²) in [6, 6.07) is 15.1. The summed E-state index contributed by atoms with van der Waals surface area (Å²) in [5.74, 6) is 0. The summed E-state index contributed by atoms with van der Waals surface area (Å²) in [4.78, 5) is 24.9. The van der Waals surface area contributed by atoms with Crippen molar-refractivity contribution < 1.29 is 13.2 Å². The first-order valence-electron chi connectivity index (χ1n) is 8.73. The van der Waals surface area contributed by atoms with Crippen LogP contribution in [-0.2, 0) is 10.0 Å². The number of amides is 2. The first kappa shape index (κ1) is 21.4. The van der Waals surface area contributed by atoms with Crippen molar-refractivity contribution in [3.05, 3.63) is 86.6 Å². The van der Waals surface area contributed by atoms with Gasteiger partial charge in [0, 0.05) is 28.0 Å². The van der Waals surface area contributed by atoms with Crippen molar-refractivity contribution in [1.82, 2.24) is 9.29 Å². The van der Waals surface area contributed by atoms with E-state index < -0.39 is 16.1 Å². The van der Waals surface area contributed by atoms with Gasteiger partial charge in [0.25, 0.3) is 15.6 Å². The number of anilines is 1. The van der Waals surface area contributed by atoms with Crippen molar-refractivity contribution >= 4 is 67.1 Å². The highest BCUT2D eigenvalue weighted by Crippen LogP contribution is 2.25. The summed E-state index contributed by atoms with van der Waals surface area (Å²) in [5.41, 5.74) is 0.676. The molecule has 0 atom stereocenters. The molecular weight excluding hydrogens is 481 g/mol. The second-order valence-corrected chi connectivity index (χ2v) is 10.4. The number of fused-ring (bicyclic) bond motifs is 1. The predicted octanol–water partition coefficient (Wildman–Crippen LogP) is 4.87. The SMILES string of the molecule is O=C(Nc1ccc(-n2ccc3ccc(Cl)cc3c2=O)cc1)NS(=O)(=O)c1ccc(Cl)s1. The normalized spacial score (nSPS) is 11.4. The molecule has 4 aromatic rings. The van der Waals surface area contributed by atoms with Gasteiger partial charge in [0.05, 0.1) is 4.34 Å². The molecule has 2 aromatic heterocycles. The number of hydrogen-bond acceptors (Lipinski definition) is 5. The van der Waals surface area contributed by atoms with Gasteiger partial charge >= 0.3 is 6.03 Å². The average molecular weight is 494 g/mol. The van der Waals surface area contributed by atoms with Crippen LogP contribution in [0.5, 0.6) is 0 Å².